The van der Waals surface area contributed by atoms with Crippen LogP contribution in [-0.2, 0) is 19.2 Å². The molecule has 0 spiro atoms. The van der Waals surface area contributed by atoms with Crippen molar-refractivity contribution < 1.29 is 19.2 Å². The number of Topliss-reactive ketones (excluding diaryl/α,β-unsaturated/α-hetero) is 1. The number of carbonyl (C=O) groups excluding carboxylic acids is 4. The van der Waals surface area contributed by atoms with Gasteiger partial charge in [0.1, 0.15) is 5.78 Å². The average Bonchev–Trinajstić information content (AvgIpc) is 2.55. The van der Waals surface area contributed by atoms with Crippen LogP contribution in [0.4, 0.5) is 0 Å². The van der Waals surface area contributed by atoms with Crippen LogP contribution >= 0.6 is 0 Å². The van der Waals surface area contributed by atoms with Crippen molar-refractivity contribution in [1.82, 2.24) is 20.9 Å². The largest absolute Gasteiger partial charge is 0.370 e. The molecule has 8 nitrogen and oxygen atoms in total. The number of hydrogen-bond donors (Lipinski definition) is 3. The minimum Gasteiger partial charge on any atom is -0.370 e. The third-order valence-corrected chi connectivity index (χ3v) is 3.61. The zero-order valence-electron chi connectivity index (χ0n) is 16.4. The second-order valence-corrected chi connectivity index (χ2v) is 6.38. The van der Waals surface area contributed by atoms with Crippen LogP contribution in [0.5, 0.6) is 0 Å². The van der Waals surface area contributed by atoms with Crippen LogP contribution in [0.25, 0.3) is 0 Å². The number of ketones is 1. The Labute approximate surface area is 172 Å². The molecule has 0 heterocycles. The summed E-state index contributed by atoms with van der Waals surface area (Å²) in [7, 11) is 21.1. The van der Waals surface area contributed by atoms with Gasteiger partial charge in [-0.05, 0) is 24.5 Å². The number of rotatable bonds is 15. The normalized spacial score (nSPS) is 10.9. The van der Waals surface area contributed by atoms with Gasteiger partial charge in [0.25, 0.3) is 0 Å². The van der Waals surface area contributed by atoms with E-state index in [1.165, 1.54) is 4.90 Å². The van der Waals surface area contributed by atoms with E-state index >= 15 is 0 Å². The van der Waals surface area contributed by atoms with E-state index in [0.29, 0.717) is 19.4 Å². The van der Waals surface area contributed by atoms with Crippen LogP contribution in [0.15, 0.2) is 0 Å². The molecule has 8 radical (unpaired) electrons. The lowest BCUT2D eigenvalue weighted by molar-refractivity contribution is -0.127. The lowest BCUT2D eigenvalue weighted by Crippen LogP contribution is -2.50. The summed E-state index contributed by atoms with van der Waals surface area (Å²) in [5.41, 5.74) is 0. The lowest BCUT2D eigenvalue weighted by Gasteiger charge is -2.22. The Hall–Kier alpha value is -1.70. The SMILES string of the molecule is [B]C([B])NC(=O)CN(CC(=O)NCCCCCC(=O)CC)CC(=O)NC([B])[B]. The summed E-state index contributed by atoms with van der Waals surface area (Å²) in [6.07, 6.45) is 3.43. The second-order valence-electron chi connectivity index (χ2n) is 6.38. The Bertz CT molecular complexity index is 497. The first-order chi connectivity index (χ1) is 13.1. The summed E-state index contributed by atoms with van der Waals surface area (Å²) in [6.45, 7) is 1.56. The van der Waals surface area contributed by atoms with Gasteiger partial charge in [-0.1, -0.05) is 13.3 Å². The van der Waals surface area contributed by atoms with Gasteiger partial charge in [-0.2, -0.15) is 0 Å². The molecule has 0 aliphatic heterocycles. The van der Waals surface area contributed by atoms with Crippen molar-refractivity contribution in [2.45, 2.75) is 50.7 Å². The maximum Gasteiger partial charge on any atom is 0.234 e. The van der Waals surface area contributed by atoms with Gasteiger partial charge >= 0.3 is 0 Å². The van der Waals surface area contributed by atoms with E-state index in [1.54, 1.807) is 0 Å². The van der Waals surface area contributed by atoms with Gasteiger partial charge < -0.3 is 16.0 Å². The summed E-state index contributed by atoms with van der Waals surface area (Å²) in [5, 5.41) is 7.27. The van der Waals surface area contributed by atoms with E-state index in [0.717, 1.165) is 19.3 Å². The molecular formula is C16H26B4N4O4. The van der Waals surface area contributed by atoms with Gasteiger partial charge in [0.15, 0.2) is 0 Å². The van der Waals surface area contributed by atoms with Crippen molar-refractivity contribution in [3.05, 3.63) is 0 Å². The molecular weight excluding hydrogens is 355 g/mol. The Morgan fingerprint density at radius 3 is 1.75 bits per heavy atom. The quantitative estimate of drug-likeness (QED) is 0.213. The van der Waals surface area contributed by atoms with Gasteiger partial charge in [-0.25, -0.2) is 0 Å². The topological polar surface area (TPSA) is 108 Å². The predicted octanol–water partition coefficient (Wildman–Crippen LogP) is -2.58. The average molecular weight is 382 g/mol. The monoisotopic (exact) mass is 382 g/mol. The van der Waals surface area contributed by atoms with Crippen LogP contribution in [0.1, 0.15) is 39.0 Å². The highest BCUT2D eigenvalue weighted by Crippen LogP contribution is 2.01. The van der Waals surface area contributed by atoms with E-state index in [-0.39, 0.29) is 31.3 Å². The molecule has 3 N–H and O–H groups in total. The molecule has 0 aromatic heterocycles. The molecule has 28 heavy (non-hydrogen) atoms. The van der Waals surface area contributed by atoms with Gasteiger partial charge in [0.2, 0.25) is 17.7 Å². The molecule has 0 atom stereocenters. The first-order valence-electron chi connectivity index (χ1n) is 9.25. The maximum absolute atomic E-state index is 12.1. The molecule has 12 heteroatoms. The van der Waals surface area contributed by atoms with Crippen molar-refractivity contribution in [1.29, 1.82) is 0 Å². The molecule has 0 unspecified atom stereocenters. The molecule has 0 aromatic carbocycles. The zero-order valence-corrected chi connectivity index (χ0v) is 16.4. The van der Waals surface area contributed by atoms with Crippen molar-refractivity contribution in [2.75, 3.05) is 26.2 Å². The molecule has 0 aromatic rings. The van der Waals surface area contributed by atoms with Crippen LogP contribution in [0, 0.1) is 0 Å². The maximum atomic E-state index is 12.1. The second kappa shape index (κ2) is 15.2. The fourth-order valence-corrected chi connectivity index (χ4v) is 2.32. The fourth-order valence-electron chi connectivity index (χ4n) is 2.32. The van der Waals surface area contributed by atoms with Crippen LogP contribution in [0.3, 0.4) is 0 Å². The highest BCUT2D eigenvalue weighted by molar-refractivity contribution is 6.36. The van der Waals surface area contributed by atoms with Gasteiger partial charge in [0.05, 0.1) is 51.0 Å². The summed E-state index contributed by atoms with van der Waals surface area (Å²) in [6, 6.07) is 0. The fraction of sp³-hybridized carbons (Fsp3) is 0.750. The number of amides is 3. The Balaban J connectivity index is 4.38. The summed E-state index contributed by atoms with van der Waals surface area (Å²) in [4.78, 5) is 48.2. The highest BCUT2D eigenvalue weighted by Gasteiger charge is 2.18. The summed E-state index contributed by atoms with van der Waals surface area (Å²) < 4.78 is 0. The van der Waals surface area contributed by atoms with Crippen molar-refractivity contribution in [3.63, 3.8) is 0 Å². The Morgan fingerprint density at radius 1 is 0.786 bits per heavy atom. The van der Waals surface area contributed by atoms with E-state index in [9.17, 15) is 19.2 Å². The summed E-state index contributed by atoms with van der Waals surface area (Å²) >= 11 is 0. The van der Waals surface area contributed by atoms with Gasteiger partial charge in [-0.15, -0.1) is 0 Å². The molecule has 0 rings (SSSR count). The van der Waals surface area contributed by atoms with Crippen molar-refractivity contribution in [2.24, 2.45) is 0 Å². The van der Waals surface area contributed by atoms with Crippen molar-refractivity contribution in [3.8, 4) is 0 Å². The van der Waals surface area contributed by atoms with Crippen molar-refractivity contribution >= 4 is 54.9 Å². The smallest absolute Gasteiger partial charge is 0.234 e. The Morgan fingerprint density at radius 2 is 1.29 bits per heavy atom. The number of carbonyl (C=O) groups is 4. The van der Waals surface area contributed by atoms with Gasteiger partial charge in [0, 0.05) is 19.4 Å². The third-order valence-electron chi connectivity index (χ3n) is 3.61. The lowest BCUT2D eigenvalue weighted by atomic mass is 9.79. The molecule has 0 saturated carbocycles. The minimum atomic E-state index is -1.05. The van der Waals surface area contributed by atoms with Crippen LogP contribution in [-0.4, -0.2) is 97.6 Å². The van der Waals surface area contributed by atoms with E-state index in [4.69, 9.17) is 31.4 Å². The highest BCUT2D eigenvalue weighted by atomic mass is 16.2. The van der Waals surface area contributed by atoms with E-state index in [1.807, 2.05) is 6.92 Å². The number of nitrogens with zero attached hydrogens (tertiary/aromatic N) is 1. The first-order valence-corrected chi connectivity index (χ1v) is 9.25. The van der Waals surface area contributed by atoms with E-state index < -0.39 is 23.5 Å². The molecule has 0 saturated heterocycles. The third kappa shape index (κ3) is 15.4. The predicted molar refractivity (Wildman–Crippen MR) is 110 cm³/mol. The molecule has 3 amide bonds. The number of nitrogens with one attached hydrogen (secondary N) is 3. The first kappa shape index (κ1) is 26.3. The number of unbranched alkanes of at least 4 members (excludes halogenated alkanes) is 2. The summed E-state index contributed by atoms with van der Waals surface area (Å²) in [5.74, 6) is -3.28. The molecule has 0 fully saturated rings. The Kier molecular flexibility index (Phi) is 14.3. The standard InChI is InChI=1S/C16H26B4N4O4/c1-2-11(25)6-4-3-5-7-21-12(26)8-24(9-13(27)22-15(17)18)10-14(28)23-16(19)20/h15-16H,2-10H2,1H3,(H,21,26)(H,22,27)(H,23,28). The molecule has 0 aliphatic carbocycles. The van der Waals surface area contributed by atoms with Crippen LogP contribution < -0.4 is 16.0 Å². The molecule has 0 bridgehead atoms. The van der Waals surface area contributed by atoms with E-state index in [2.05, 4.69) is 16.0 Å². The molecule has 146 valence electrons. The zero-order chi connectivity index (χ0) is 21.5. The van der Waals surface area contributed by atoms with Gasteiger partial charge in [-0.3, -0.25) is 24.1 Å². The minimum absolute atomic E-state index is 0.186. The van der Waals surface area contributed by atoms with Crippen LogP contribution in [0.2, 0.25) is 0 Å². The molecule has 0 aliphatic rings. The number of hydrogen-bond acceptors (Lipinski definition) is 5.